The Morgan fingerprint density at radius 3 is 2.85 bits per heavy atom. The Morgan fingerprint density at radius 1 is 1.45 bits per heavy atom. The van der Waals surface area contributed by atoms with Crippen LogP contribution in [-0.2, 0) is 6.54 Å². The van der Waals surface area contributed by atoms with E-state index in [4.69, 9.17) is 0 Å². The maximum Gasteiger partial charge on any atom is 0.251 e. The van der Waals surface area contributed by atoms with Crippen molar-refractivity contribution in [1.82, 2.24) is 20.3 Å². The number of carbonyl (C=O) groups is 1. The van der Waals surface area contributed by atoms with E-state index in [0.717, 1.165) is 12.1 Å². The fraction of sp³-hybridized carbons (Fsp3) is 0.500. The minimum atomic E-state index is -0.884. The highest BCUT2D eigenvalue weighted by molar-refractivity contribution is 5.97. The molecule has 0 aliphatic heterocycles. The van der Waals surface area contributed by atoms with E-state index in [1.165, 1.54) is 0 Å². The lowest BCUT2D eigenvalue weighted by Crippen LogP contribution is -2.40. The molecule has 1 amide bonds. The summed E-state index contributed by atoms with van der Waals surface area (Å²) in [5.41, 5.74) is 1.24. The molecule has 1 atom stereocenters. The molecule has 20 heavy (non-hydrogen) atoms. The van der Waals surface area contributed by atoms with Gasteiger partial charge in [-0.3, -0.25) is 4.79 Å². The van der Waals surface area contributed by atoms with Crippen molar-refractivity contribution in [2.45, 2.75) is 39.3 Å². The van der Waals surface area contributed by atoms with E-state index in [2.05, 4.69) is 15.6 Å². The predicted molar refractivity (Wildman–Crippen MR) is 76.5 cm³/mol. The van der Waals surface area contributed by atoms with Crippen molar-refractivity contribution in [1.29, 1.82) is 0 Å². The van der Waals surface area contributed by atoms with Crippen LogP contribution in [0.2, 0.25) is 0 Å². The van der Waals surface area contributed by atoms with Gasteiger partial charge < -0.3 is 10.4 Å². The first-order chi connectivity index (χ1) is 9.46. The number of fused-ring (bicyclic) bond motifs is 1. The first kappa shape index (κ1) is 14.5. The standard InChI is InChI=1S/C14H20N4O2/c1-4-14(3,20)9-15-13(19)10-6-7-12-11(8-10)16-17-18(12)5-2/h6-8,20H,4-5,9H2,1-3H3,(H,15,19). The first-order valence-corrected chi connectivity index (χ1v) is 6.80. The normalized spacial score (nSPS) is 14.2. The van der Waals surface area contributed by atoms with Gasteiger partial charge in [-0.15, -0.1) is 5.10 Å². The van der Waals surface area contributed by atoms with E-state index < -0.39 is 5.60 Å². The van der Waals surface area contributed by atoms with Crippen LogP contribution >= 0.6 is 0 Å². The van der Waals surface area contributed by atoms with Crippen LogP contribution in [0.3, 0.4) is 0 Å². The van der Waals surface area contributed by atoms with Crippen LogP contribution in [0.4, 0.5) is 0 Å². The Bertz CT molecular complexity index is 619. The average molecular weight is 276 g/mol. The molecule has 6 nitrogen and oxygen atoms in total. The zero-order valence-corrected chi connectivity index (χ0v) is 12.1. The van der Waals surface area contributed by atoms with Crippen molar-refractivity contribution in [3.63, 3.8) is 0 Å². The Morgan fingerprint density at radius 2 is 2.20 bits per heavy atom. The highest BCUT2D eigenvalue weighted by Crippen LogP contribution is 2.14. The molecule has 2 N–H and O–H groups in total. The summed E-state index contributed by atoms with van der Waals surface area (Å²) in [5.74, 6) is -0.216. The number of aryl methyl sites for hydroxylation is 1. The molecule has 2 rings (SSSR count). The summed E-state index contributed by atoms with van der Waals surface area (Å²) in [7, 11) is 0. The molecule has 0 bridgehead atoms. The summed E-state index contributed by atoms with van der Waals surface area (Å²) in [4.78, 5) is 12.1. The zero-order chi connectivity index (χ0) is 14.8. The Kier molecular flexibility index (Phi) is 4.04. The number of carbonyl (C=O) groups excluding carboxylic acids is 1. The van der Waals surface area contributed by atoms with Crippen molar-refractivity contribution in [2.75, 3.05) is 6.54 Å². The van der Waals surface area contributed by atoms with Crippen molar-refractivity contribution >= 4 is 16.9 Å². The van der Waals surface area contributed by atoms with Gasteiger partial charge >= 0.3 is 0 Å². The largest absolute Gasteiger partial charge is 0.388 e. The molecule has 6 heteroatoms. The van der Waals surface area contributed by atoms with Gasteiger partial charge in [-0.25, -0.2) is 4.68 Å². The summed E-state index contributed by atoms with van der Waals surface area (Å²) >= 11 is 0. The fourth-order valence-corrected chi connectivity index (χ4v) is 1.84. The quantitative estimate of drug-likeness (QED) is 0.863. The number of aromatic nitrogens is 3. The molecule has 1 aromatic carbocycles. The van der Waals surface area contributed by atoms with Crippen LogP contribution in [0.15, 0.2) is 18.2 Å². The molecule has 1 aromatic heterocycles. The van der Waals surface area contributed by atoms with Crippen molar-refractivity contribution < 1.29 is 9.90 Å². The minimum absolute atomic E-state index is 0.216. The van der Waals surface area contributed by atoms with E-state index in [1.54, 1.807) is 23.7 Å². The summed E-state index contributed by atoms with van der Waals surface area (Å²) < 4.78 is 1.78. The summed E-state index contributed by atoms with van der Waals surface area (Å²) in [6.45, 7) is 6.52. The van der Waals surface area contributed by atoms with E-state index in [1.807, 2.05) is 19.9 Å². The van der Waals surface area contributed by atoms with Gasteiger partial charge in [0.1, 0.15) is 5.52 Å². The Balaban J connectivity index is 2.15. The lowest BCUT2D eigenvalue weighted by Gasteiger charge is -2.21. The lowest BCUT2D eigenvalue weighted by molar-refractivity contribution is 0.0518. The van der Waals surface area contributed by atoms with Gasteiger partial charge in [0.25, 0.3) is 5.91 Å². The highest BCUT2D eigenvalue weighted by atomic mass is 16.3. The van der Waals surface area contributed by atoms with Gasteiger partial charge in [-0.05, 0) is 38.5 Å². The van der Waals surface area contributed by atoms with E-state index >= 15 is 0 Å². The molecule has 0 saturated carbocycles. The third-order valence-corrected chi connectivity index (χ3v) is 3.47. The van der Waals surface area contributed by atoms with Gasteiger partial charge in [0.05, 0.1) is 11.1 Å². The second-order valence-corrected chi connectivity index (χ2v) is 5.14. The third kappa shape index (κ3) is 2.96. The van der Waals surface area contributed by atoms with Gasteiger partial charge in [0, 0.05) is 18.7 Å². The lowest BCUT2D eigenvalue weighted by atomic mass is 10.0. The smallest absolute Gasteiger partial charge is 0.251 e. The van der Waals surface area contributed by atoms with Crippen LogP contribution in [0.25, 0.3) is 11.0 Å². The maximum absolute atomic E-state index is 12.1. The first-order valence-electron chi connectivity index (χ1n) is 6.80. The fourth-order valence-electron chi connectivity index (χ4n) is 1.84. The molecule has 2 aromatic rings. The molecule has 0 aliphatic carbocycles. The van der Waals surface area contributed by atoms with E-state index in [9.17, 15) is 9.90 Å². The number of amides is 1. The Hall–Kier alpha value is -1.95. The maximum atomic E-state index is 12.1. The minimum Gasteiger partial charge on any atom is -0.388 e. The Labute approximate surface area is 117 Å². The number of nitrogens with zero attached hydrogens (tertiary/aromatic N) is 3. The number of hydrogen-bond donors (Lipinski definition) is 2. The molecule has 0 aliphatic rings. The molecular formula is C14H20N4O2. The monoisotopic (exact) mass is 276 g/mol. The average Bonchev–Trinajstić information content (AvgIpc) is 2.87. The topological polar surface area (TPSA) is 80.0 Å². The second-order valence-electron chi connectivity index (χ2n) is 5.14. The molecule has 0 fully saturated rings. The number of benzene rings is 1. The molecule has 0 saturated heterocycles. The van der Waals surface area contributed by atoms with Crippen molar-refractivity contribution in [3.05, 3.63) is 23.8 Å². The van der Waals surface area contributed by atoms with Gasteiger partial charge in [-0.1, -0.05) is 12.1 Å². The van der Waals surface area contributed by atoms with Crippen LogP contribution in [-0.4, -0.2) is 38.2 Å². The van der Waals surface area contributed by atoms with Gasteiger partial charge in [-0.2, -0.15) is 0 Å². The van der Waals surface area contributed by atoms with Crippen molar-refractivity contribution in [2.24, 2.45) is 0 Å². The highest BCUT2D eigenvalue weighted by Gasteiger charge is 2.19. The summed E-state index contributed by atoms with van der Waals surface area (Å²) in [5, 5.41) is 20.7. The van der Waals surface area contributed by atoms with E-state index in [-0.39, 0.29) is 12.5 Å². The molecular weight excluding hydrogens is 256 g/mol. The molecule has 0 spiro atoms. The molecule has 108 valence electrons. The van der Waals surface area contributed by atoms with Crippen LogP contribution < -0.4 is 5.32 Å². The van der Waals surface area contributed by atoms with Gasteiger partial charge in [0.2, 0.25) is 0 Å². The van der Waals surface area contributed by atoms with Crippen LogP contribution in [0.1, 0.15) is 37.6 Å². The number of hydrogen-bond acceptors (Lipinski definition) is 4. The van der Waals surface area contributed by atoms with E-state index in [0.29, 0.717) is 17.5 Å². The summed E-state index contributed by atoms with van der Waals surface area (Å²) in [6, 6.07) is 5.30. The van der Waals surface area contributed by atoms with Crippen molar-refractivity contribution in [3.8, 4) is 0 Å². The van der Waals surface area contributed by atoms with Gasteiger partial charge in [0.15, 0.2) is 0 Å². The molecule has 0 radical (unpaired) electrons. The zero-order valence-electron chi connectivity index (χ0n) is 12.1. The predicted octanol–water partition coefficient (Wildman–Crippen LogP) is 1.34. The molecule has 1 heterocycles. The molecule has 1 unspecified atom stereocenters. The second kappa shape index (κ2) is 5.58. The van der Waals surface area contributed by atoms with Crippen LogP contribution in [0, 0.1) is 0 Å². The number of rotatable bonds is 5. The summed E-state index contributed by atoms with van der Waals surface area (Å²) in [6.07, 6.45) is 0.580. The number of nitrogens with one attached hydrogen (secondary N) is 1. The number of aliphatic hydroxyl groups is 1. The SMILES string of the molecule is CCn1nnc2cc(C(=O)NCC(C)(O)CC)ccc21. The third-order valence-electron chi connectivity index (χ3n) is 3.47. The van der Waals surface area contributed by atoms with Crippen LogP contribution in [0.5, 0.6) is 0 Å².